The van der Waals surface area contributed by atoms with Crippen molar-refractivity contribution in [1.82, 2.24) is 0 Å². The van der Waals surface area contributed by atoms with E-state index in [1.54, 1.807) is 12.1 Å². The molecular weight excluding hydrogens is 260 g/mol. The second kappa shape index (κ2) is 7.28. The Kier molecular flexibility index (Phi) is 6.02. The van der Waals surface area contributed by atoms with Crippen LogP contribution in [0.25, 0.3) is 0 Å². The van der Waals surface area contributed by atoms with Gasteiger partial charge in [-0.25, -0.2) is 0 Å². The smallest absolute Gasteiger partial charge is 0.225 e. The minimum atomic E-state index is -0.939. The third kappa shape index (κ3) is 4.67. The number of carbonyl (C=O) groups is 1. The molecule has 1 amide bonds. The van der Waals surface area contributed by atoms with Crippen molar-refractivity contribution in [3.63, 3.8) is 0 Å². The number of benzene rings is 1. The normalized spacial score (nSPS) is 13.8. The number of rotatable bonds is 6. The fourth-order valence-electron chi connectivity index (χ4n) is 1.58. The number of anilines is 2. The first kappa shape index (κ1) is 15.7. The summed E-state index contributed by atoms with van der Waals surface area (Å²) in [5.74, 6) is 0.285. The SMILES string of the molecule is CCC(C)S(=O)CCC(=O)Nc1cccc(N)c1C. The Morgan fingerprint density at radius 2 is 2.16 bits per heavy atom. The van der Waals surface area contributed by atoms with Gasteiger partial charge in [-0.15, -0.1) is 0 Å². The van der Waals surface area contributed by atoms with Gasteiger partial charge in [-0.2, -0.15) is 0 Å². The molecule has 0 saturated carbocycles. The summed E-state index contributed by atoms with van der Waals surface area (Å²) in [7, 11) is -0.939. The predicted octanol–water partition coefficient (Wildman–Crippen LogP) is 2.45. The Hall–Kier alpha value is -1.36. The van der Waals surface area contributed by atoms with Crippen LogP contribution in [0.2, 0.25) is 0 Å². The zero-order chi connectivity index (χ0) is 14.4. The highest BCUT2D eigenvalue weighted by Crippen LogP contribution is 2.20. The molecule has 1 aromatic carbocycles. The fourth-order valence-corrected chi connectivity index (χ4v) is 2.74. The molecule has 0 aliphatic carbocycles. The van der Waals surface area contributed by atoms with Crippen molar-refractivity contribution in [3.8, 4) is 0 Å². The zero-order valence-electron chi connectivity index (χ0n) is 11.7. The van der Waals surface area contributed by atoms with Crippen molar-refractivity contribution in [1.29, 1.82) is 0 Å². The molecule has 5 heteroatoms. The molecule has 0 aliphatic heterocycles. The minimum Gasteiger partial charge on any atom is -0.398 e. The third-order valence-electron chi connectivity index (χ3n) is 3.20. The lowest BCUT2D eigenvalue weighted by Gasteiger charge is -2.11. The van der Waals surface area contributed by atoms with Crippen LogP contribution in [0.4, 0.5) is 11.4 Å². The Balaban J connectivity index is 2.52. The van der Waals surface area contributed by atoms with Gasteiger partial charge in [0.25, 0.3) is 0 Å². The molecule has 2 atom stereocenters. The van der Waals surface area contributed by atoms with E-state index in [9.17, 15) is 9.00 Å². The van der Waals surface area contributed by atoms with Crippen LogP contribution in [0.3, 0.4) is 0 Å². The molecule has 0 aliphatic rings. The highest BCUT2D eigenvalue weighted by Gasteiger charge is 2.12. The Morgan fingerprint density at radius 3 is 2.79 bits per heavy atom. The Morgan fingerprint density at radius 1 is 1.47 bits per heavy atom. The van der Waals surface area contributed by atoms with Crippen LogP contribution in [0.1, 0.15) is 32.3 Å². The predicted molar refractivity (Wildman–Crippen MR) is 81.6 cm³/mol. The zero-order valence-corrected chi connectivity index (χ0v) is 12.5. The van der Waals surface area contributed by atoms with Crippen LogP contribution in [-0.4, -0.2) is 21.1 Å². The summed E-state index contributed by atoms with van der Waals surface area (Å²) < 4.78 is 11.8. The lowest BCUT2D eigenvalue weighted by Crippen LogP contribution is -2.19. The van der Waals surface area contributed by atoms with Crippen LogP contribution in [-0.2, 0) is 15.6 Å². The lowest BCUT2D eigenvalue weighted by molar-refractivity contribution is -0.115. The summed E-state index contributed by atoms with van der Waals surface area (Å²) in [6.45, 7) is 5.80. The van der Waals surface area contributed by atoms with Gasteiger partial charge in [-0.05, 0) is 31.0 Å². The van der Waals surface area contributed by atoms with Gasteiger partial charge in [0.05, 0.1) is 0 Å². The molecule has 0 spiro atoms. The number of hydrogen-bond acceptors (Lipinski definition) is 3. The van der Waals surface area contributed by atoms with Crippen molar-refractivity contribution in [2.45, 2.75) is 38.9 Å². The van der Waals surface area contributed by atoms with Crippen molar-refractivity contribution >= 4 is 28.1 Å². The Bertz CT molecular complexity index is 475. The number of nitrogen functional groups attached to an aromatic ring is 1. The van der Waals surface area contributed by atoms with E-state index in [-0.39, 0.29) is 17.6 Å². The van der Waals surface area contributed by atoms with Gasteiger partial charge in [-0.1, -0.05) is 19.9 Å². The van der Waals surface area contributed by atoms with E-state index >= 15 is 0 Å². The molecular formula is C14H22N2O2S. The lowest BCUT2D eigenvalue weighted by atomic mass is 10.1. The fraction of sp³-hybridized carbons (Fsp3) is 0.500. The van der Waals surface area contributed by atoms with E-state index in [0.29, 0.717) is 11.4 Å². The summed E-state index contributed by atoms with van der Waals surface area (Å²) in [6.07, 6.45) is 1.13. The van der Waals surface area contributed by atoms with Gasteiger partial charge in [-0.3, -0.25) is 9.00 Å². The first-order valence-corrected chi connectivity index (χ1v) is 7.86. The summed E-state index contributed by atoms with van der Waals surface area (Å²) in [5.41, 5.74) is 8.01. The average Bonchev–Trinajstić information content (AvgIpc) is 2.40. The monoisotopic (exact) mass is 282 g/mol. The van der Waals surface area contributed by atoms with Gasteiger partial charge < -0.3 is 11.1 Å². The van der Waals surface area contributed by atoms with E-state index in [1.807, 2.05) is 26.8 Å². The third-order valence-corrected chi connectivity index (χ3v) is 5.04. The molecule has 0 bridgehead atoms. The van der Waals surface area contributed by atoms with Gasteiger partial charge >= 0.3 is 0 Å². The summed E-state index contributed by atoms with van der Waals surface area (Å²) >= 11 is 0. The number of nitrogens with one attached hydrogen (secondary N) is 1. The van der Waals surface area contributed by atoms with Crippen LogP contribution in [0.5, 0.6) is 0 Å². The van der Waals surface area contributed by atoms with E-state index in [1.165, 1.54) is 0 Å². The maximum Gasteiger partial charge on any atom is 0.225 e. The first-order chi connectivity index (χ1) is 8.95. The quantitative estimate of drug-likeness (QED) is 0.787. The number of carbonyl (C=O) groups excluding carboxylic acids is 1. The molecule has 0 heterocycles. The molecule has 0 aromatic heterocycles. The second-order valence-corrected chi connectivity index (χ2v) is 6.60. The molecule has 0 fully saturated rings. The molecule has 106 valence electrons. The first-order valence-electron chi connectivity index (χ1n) is 6.47. The van der Waals surface area contributed by atoms with Crippen molar-refractivity contribution in [2.75, 3.05) is 16.8 Å². The molecule has 1 aromatic rings. The summed E-state index contributed by atoms with van der Waals surface area (Å²) in [5, 5.41) is 2.95. The highest BCUT2D eigenvalue weighted by atomic mass is 32.2. The van der Waals surface area contributed by atoms with Crippen molar-refractivity contribution in [3.05, 3.63) is 23.8 Å². The van der Waals surface area contributed by atoms with Crippen LogP contribution in [0, 0.1) is 6.92 Å². The largest absolute Gasteiger partial charge is 0.398 e. The average molecular weight is 282 g/mol. The topological polar surface area (TPSA) is 72.2 Å². The number of amides is 1. The molecule has 0 saturated heterocycles. The maximum atomic E-state index is 11.8. The molecule has 3 N–H and O–H groups in total. The van der Waals surface area contributed by atoms with E-state index < -0.39 is 10.8 Å². The standard InChI is InChI=1S/C14H22N2O2S/c1-4-10(2)19(18)9-8-14(17)16-13-7-5-6-12(15)11(13)3/h5-7,10H,4,8-9,15H2,1-3H3,(H,16,17). The highest BCUT2D eigenvalue weighted by molar-refractivity contribution is 7.85. The van der Waals surface area contributed by atoms with Gasteiger partial charge in [0.2, 0.25) is 5.91 Å². The van der Waals surface area contributed by atoms with Gasteiger partial charge in [0.1, 0.15) is 0 Å². The second-order valence-electron chi connectivity index (χ2n) is 4.62. The molecule has 2 unspecified atom stereocenters. The van der Waals surface area contributed by atoms with Crippen LogP contribution < -0.4 is 11.1 Å². The summed E-state index contributed by atoms with van der Waals surface area (Å²) in [6, 6.07) is 5.41. The van der Waals surface area contributed by atoms with Crippen LogP contribution >= 0.6 is 0 Å². The number of nitrogens with two attached hydrogens (primary N) is 1. The molecule has 1 rings (SSSR count). The van der Waals surface area contributed by atoms with Crippen LogP contribution in [0.15, 0.2) is 18.2 Å². The molecule has 4 nitrogen and oxygen atoms in total. The number of hydrogen-bond donors (Lipinski definition) is 2. The molecule has 0 radical (unpaired) electrons. The summed E-state index contributed by atoms with van der Waals surface area (Å²) in [4.78, 5) is 11.8. The van der Waals surface area contributed by atoms with Gasteiger partial charge in [0, 0.05) is 39.6 Å². The maximum absolute atomic E-state index is 11.8. The van der Waals surface area contributed by atoms with Crippen molar-refractivity contribution in [2.24, 2.45) is 0 Å². The minimum absolute atomic E-state index is 0.120. The molecule has 19 heavy (non-hydrogen) atoms. The van der Waals surface area contributed by atoms with Gasteiger partial charge in [0.15, 0.2) is 0 Å². The van der Waals surface area contributed by atoms with E-state index in [0.717, 1.165) is 17.7 Å². The van der Waals surface area contributed by atoms with Crippen molar-refractivity contribution < 1.29 is 9.00 Å². The Labute approximate surface area is 117 Å². The van der Waals surface area contributed by atoms with E-state index in [2.05, 4.69) is 5.32 Å². The van der Waals surface area contributed by atoms with E-state index in [4.69, 9.17) is 5.73 Å².